The zero-order chi connectivity index (χ0) is 17.6. The van der Waals surface area contributed by atoms with Crippen molar-refractivity contribution >= 4 is 5.91 Å². The van der Waals surface area contributed by atoms with Gasteiger partial charge in [-0.25, -0.2) is 0 Å². The molecule has 7 heteroatoms. The Balaban J connectivity index is 1.62. The van der Waals surface area contributed by atoms with E-state index in [1.165, 1.54) is 17.7 Å². The number of carbonyl (C=O) groups excluding carboxylic acids is 1. The van der Waals surface area contributed by atoms with Crippen molar-refractivity contribution in [2.45, 2.75) is 50.2 Å². The molecule has 3 heterocycles. The maximum atomic E-state index is 12.3. The Morgan fingerprint density at radius 2 is 1.96 bits per heavy atom. The Morgan fingerprint density at radius 3 is 2.72 bits per heavy atom. The first-order chi connectivity index (χ1) is 12.1. The topological polar surface area (TPSA) is 68.0 Å². The highest BCUT2D eigenvalue weighted by molar-refractivity contribution is 5.77. The van der Waals surface area contributed by atoms with Crippen LogP contribution < -0.4 is 5.32 Å². The predicted octanol–water partition coefficient (Wildman–Crippen LogP) is 1.48. The van der Waals surface area contributed by atoms with Gasteiger partial charge in [0.05, 0.1) is 17.9 Å². The first-order valence-corrected chi connectivity index (χ1v) is 9.06. The number of hydrogen-bond acceptors (Lipinski definition) is 4. The smallest absolute Gasteiger partial charge is 0.222 e. The van der Waals surface area contributed by atoms with Gasteiger partial charge in [-0.15, -0.1) is 0 Å². The van der Waals surface area contributed by atoms with Crippen LogP contribution in [0.5, 0.6) is 0 Å². The highest BCUT2D eigenvalue weighted by atomic mass is 16.2. The van der Waals surface area contributed by atoms with Gasteiger partial charge in [-0.2, -0.15) is 10.2 Å². The van der Waals surface area contributed by atoms with Crippen LogP contribution in [0.25, 0.3) is 0 Å². The third kappa shape index (κ3) is 2.76. The van der Waals surface area contributed by atoms with Gasteiger partial charge in [-0.05, 0) is 31.7 Å². The number of amides is 1. The molecule has 1 saturated heterocycles. The van der Waals surface area contributed by atoms with E-state index in [1.807, 2.05) is 47.7 Å². The number of nitrogens with zero attached hydrogens (tertiary/aromatic N) is 5. The van der Waals surface area contributed by atoms with Crippen LogP contribution in [0.2, 0.25) is 0 Å². The maximum absolute atomic E-state index is 12.3. The van der Waals surface area contributed by atoms with E-state index in [9.17, 15) is 4.79 Å². The maximum Gasteiger partial charge on any atom is 0.222 e. The minimum Gasteiger partial charge on any atom is -0.336 e. The molecule has 1 unspecified atom stereocenters. The highest BCUT2D eigenvalue weighted by Gasteiger charge is 2.38. The van der Waals surface area contributed by atoms with Gasteiger partial charge >= 0.3 is 0 Å². The van der Waals surface area contributed by atoms with E-state index in [0.29, 0.717) is 12.5 Å². The molecule has 2 aliphatic rings. The molecule has 25 heavy (non-hydrogen) atoms. The summed E-state index contributed by atoms with van der Waals surface area (Å²) in [5, 5.41) is 12.6. The quantitative estimate of drug-likeness (QED) is 0.917. The Hall–Kier alpha value is -2.15. The summed E-state index contributed by atoms with van der Waals surface area (Å²) in [6, 6.07) is 2.55. The lowest BCUT2D eigenvalue weighted by Gasteiger charge is -2.41. The van der Waals surface area contributed by atoms with Crippen molar-refractivity contribution in [3.05, 3.63) is 35.4 Å². The fourth-order valence-corrected chi connectivity index (χ4v) is 4.43. The third-order valence-electron chi connectivity index (χ3n) is 5.81. The van der Waals surface area contributed by atoms with E-state index in [0.717, 1.165) is 25.0 Å². The van der Waals surface area contributed by atoms with Crippen LogP contribution in [0.1, 0.15) is 54.7 Å². The van der Waals surface area contributed by atoms with Gasteiger partial charge < -0.3 is 10.2 Å². The van der Waals surface area contributed by atoms with E-state index < -0.39 is 0 Å². The Morgan fingerprint density at radius 1 is 1.12 bits per heavy atom. The van der Waals surface area contributed by atoms with Crippen molar-refractivity contribution in [2.75, 3.05) is 7.05 Å². The summed E-state index contributed by atoms with van der Waals surface area (Å²) in [5.41, 5.74) is 3.73. The van der Waals surface area contributed by atoms with Gasteiger partial charge in [0.2, 0.25) is 5.91 Å². The number of nitrogens with one attached hydrogen (secondary N) is 1. The third-order valence-corrected chi connectivity index (χ3v) is 5.81. The van der Waals surface area contributed by atoms with E-state index in [-0.39, 0.29) is 18.0 Å². The summed E-state index contributed by atoms with van der Waals surface area (Å²) < 4.78 is 3.88. The Bertz CT molecular complexity index is 778. The standard InChI is InChI=1S/C18H26N6O/c1-22-17(25)8-7-14(18(22)16-9-10-19-24(16)3)21-13-5-4-6-15-12(13)11-20-23(15)2/h9-11,13-14,18,21H,4-8H2,1-3H3/t13?,14-,18-/m1/s1. The first kappa shape index (κ1) is 16.3. The van der Waals surface area contributed by atoms with Gasteiger partial charge in [0.1, 0.15) is 0 Å². The molecule has 1 aliphatic heterocycles. The molecule has 1 aliphatic carbocycles. The number of likely N-dealkylation sites (N-methyl/N-ethyl adjacent to an activating group) is 1. The van der Waals surface area contributed by atoms with Crippen LogP contribution >= 0.6 is 0 Å². The number of likely N-dealkylation sites (tertiary alicyclic amines) is 1. The minimum absolute atomic E-state index is 0.01000. The summed E-state index contributed by atoms with van der Waals surface area (Å²) >= 11 is 0. The normalized spacial score (nSPS) is 26.8. The fourth-order valence-electron chi connectivity index (χ4n) is 4.43. The molecule has 134 valence electrons. The highest BCUT2D eigenvalue weighted by Crippen LogP contribution is 2.35. The van der Waals surface area contributed by atoms with Crippen LogP contribution in [0.4, 0.5) is 0 Å². The van der Waals surface area contributed by atoms with Crippen LogP contribution in [0.15, 0.2) is 18.5 Å². The predicted molar refractivity (Wildman–Crippen MR) is 93.8 cm³/mol. The zero-order valence-corrected chi connectivity index (χ0v) is 15.1. The summed E-state index contributed by atoms with van der Waals surface area (Å²) in [4.78, 5) is 14.2. The van der Waals surface area contributed by atoms with Crippen LogP contribution in [0.3, 0.4) is 0 Å². The average Bonchev–Trinajstić information content (AvgIpc) is 3.19. The monoisotopic (exact) mass is 342 g/mol. The number of hydrogen-bond donors (Lipinski definition) is 1. The molecular weight excluding hydrogens is 316 g/mol. The molecule has 1 amide bonds. The molecule has 2 aromatic heterocycles. The lowest BCUT2D eigenvalue weighted by atomic mass is 9.88. The second-order valence-electron chi connectivity index (χ2n) is 7.26. The van der Waals surface area contributed by atoms with Gasteiger partial charge in [-0.1, -0.05) is 0 Å². The van der Waals surface area contributed by atoms with Crippen LogP contribution in [-0.4, -0.2) is 43.5 Å². The number of piperidine rings is 1. The SMILES string of the molecule is CN1C(=O)CC[C@@H](NC2CCCc3c2cnn3C)[C@@H]1c1ccnn1C. The van der Waals surface area contributed by atoms with Crippen LogP contribution in [-0.2, 0) is 25.3 Å². The molecule has 0 spiro atoms. The summed E-state index contributed by atoms with van der Waals surface area (Å²) in [6.45, 7) is 0. The summed E-state index contributed by atoms with van der Waals surface area (Å²) in [5.74, 6) is 0.204. The van der Waals surface area contributed by atoms with Crippen molar-refractivity contribution < 1.29 is 4.79 Å². The molecule has 2 aromatic rings. The largest absolute Gasteiger partial charge is 0.336 e. The second-order valence-corrected chi connectivity index (χ2v) is 7.26. The number of fused-ring (bicyclic) bond motifs is 1. The number of rotatable bonds is 3. The Kier molecular flexibility index (Phi) is 4.11. The zero-order valence-electron chi connectivity index (χ0n) is 15.1. The average molecular weight is 342 g/mol. The first-order valence-electron chi connectivity index (χ1n) is 9.06. The molecule has 0 bridgehead atoms. The molecule has 4 rings (SSSR count). The molecule has 1 fully saturated rings. The van der Waals surface area contributed by atoms with Crippen molar-refractivity contribution in [1.29, 1.82) is 0 Å². The van der Waals surface area contributed by atoms with E-state index in [2.05, 4.69) is 15.5 Å². The molecule has 1 N–H and O–H groups in total. The molecule has 3 atom stereocenters. The van der Waals surface area contributed by atoms with Crippen molar-refractivity contribution in [3.63, 3.8) is 0 Å². The van der Waals surface area contributed by atoms with Crippen molar-refractivity contribution in [2.24, 2.45) is 14.1 Å². The minimum atomic E-state index is 0.01000. The van der Waals surface area contributed by atoms with Gasteiger partial charge in [-0.3, -0.25) is 14.2 Å². The molecule has 0 saturated carbocycles. The second kappa shape index (κ2) is 6.29. The van der Waals surface area contributed by atoms with E-state index in [4.69, 9.17) is 0 Å². The number of aryl methyl sites for hydroxylation is 2. The van der Waals surface area contributed by atoms with Crippen molar-refractivity contribution in [3.8, 4) is 0 Å². The molecule has 0 radical (unpaired) electrons. The lowest BCUT2D eigenvalue weighted by molar-refractivity contribution is -0.136. The molecule has 0 aromatic carbocycles. The summed E-state index contributed by atoms with van der Waals surface area (Å²) in [6.07, 6.45) is 8.63. The number of carbonyl (C=O) groups is 1. The van der Waals surface area contributed by atoms with Crippen molar-refractivity contribution in [1.82, 2.24) is 29.8 Å². The molecule has 7 nitrogen and oxygen atoms in total. The lowest BCUT2D eigenvalue weighted by Crippen LogP contribution is -2.50. The molecular formula is C18H26N6O. The van der Waals surface area contributed by atoms with Gasteiger partial charge in [0.25, 0.3) is 0 Å². The Labute approximate surface area is 148 Å². The van der Waals surface area contributed by atoms with E-state index >= 15 is 0 Å². The fraction of sp³-hybridized carbons (Fsp3) is 0.611. The van der Waals surface area contributed by atoms with Gasteiger partial charge in [0, 0.05) is 57.1 Å². The van der Waals surface area contributed by atoms with Gasteiger partial charge in [0.15, 0.2) is 0 Å². The van der Waals surface area contributed by atoms with E-state index in [1.54, 1.807) is 6.20 Å². The van der Waals surface area contributed by atoms with Crippen LogP contribution in [0, 0.1) is 0 Å². The number of aromatic nitrogens is 4. The summed E-state index contributed by atoms with van der Waals surface area (Å²) in [7, 11) is 5.87.